The van der Waals surface area contributed by atoms with Crippen molar-refractivity contribution in [2.24, 2.45) is 5.92 Å². The molecule has 2 atom stereocenters. The summed E-state index contributed by atoms with van der Waals surface area (Å²) in [5, 5.41) is 4.82. The lowest BCUT2D eigenvalue weighted by Crippen LogP contribution is -2.48. The highest BCUT2D eigenvalue weighted by molar-refractivity contribution is 5.81. The van der Waals surface area contributed by atoms with Gasteiger partial charge in [-0.15, -0.1) is 0 Å². The normalized spacial score (nSPS) is 23.2. The first kappa shape index (κ1) is 13.4. The molecule has 1 aromatic carbocycles. The van der Waals surface area contributed by atoms with Gasteiger partial charge in [-0.3, -0.25) is 4.98 Å². The Hall–Kier alpha value is -1.61. The van der Waals surface area contributed by atoms with E-state index in [4.69, 9.17) is 0 Å². The second kappa shape index (κ2) is 5.80. The van der Waals surface area contributed by atoms with Crippen molar-refractivity contribution in [1.82, 2.24) is 10.3 Å². The number of anilines is 1. The maximum Gasteiger partial charge on any atom is 0.0703 e. The number of fused-ring (bicyclic) bond motifs is 1. The van der Waals surface area contributed by atoms with Crippen molar-refractivity contribution in [3.05, 3.63) is 36.5 Å². The summed E-state index contributed by atoms with van der Waals surface area (Å²) < 4.78 is 0. The van der Waals surface area contributed by atoms with Crippen molar-refractivity contribution < 1.29 is 0 Å². The number of nitrogens with zero attached hydrogens (tertiary/aromatic N) is 2. The monoisotopic (exact) mass is 269 g/mol. The molecule has 106 valence electrons. The summed E-state index contributed by atoms with van der Waals surface area (Å²) in [4.78, 5) is 7.05. The van der Waals surface area contributed by atoms with Crippen LogP contribution >= 0.6 is 0 Å². The Morgan fingerprint density at radius 1 is 1.35 bits per heavy atom. The Labute approximate surface area is 121 Å². The summed E-state index contributed by atoms with van der Waals surface area (Å²) in [5.41, 5.74) is 2.33. The van der Waals surface area contributed by atoms with Gasteiger partial charge in [-0.1, -0.05) is 32.0 Å². The van der Waals surface area contributed by atoms with Crippen molar-refractivity contribution in [2.75, 3.05) is 24.5 Å². The van der Waals surface area contributed by atoms with Gasteiger partial charge >= 0.3 is 0 Å². The number of hydrogen-bond donors (Lipinski definition) is 1. The molecule has 2 aromatic rings. The molecular weight excluding hydrogens is 246 g/mol. The van der Waals surface area contributed by atoms with E-state index >= 15 is 0 Å². The molecule has 0 saturated carbocycles. The van der Waals surface area contributed by atoms with Crippen LogP contribution in [-0.4, -0.2) is 30.7 Å². The van der Waals surface area contributed by atoms with Gasteiger partial charge < -0.3 is 10.2 Å². The Kier molecular flexibility index (Phi) is 3.88. The first-order chi connectivity index (χ1) is 9.78. The van der Waals surface area contributed by atoms with Crippen molar-refractivity contribution >= 4 is 16.6 Å². The topological polar surface area (TPSA) is 28.2 Å². The molecule has 20 heavy (non-hydrogen) atoms. The van der Waals surface area contributed by atoms with Gasteiger partial charge in [0.25, 0.3) is 0 Å². The first-order valence-electron chi connectivity index (χ1n) is 7.61. The molecule has 1 aromatic heterocycles. The number of benzene rings is 1. The van der Waals surface area contributed by atoms with E-state index in [0.29, 0.717) is 12.0 Å². The fourth-order valence-electron chi connectivity index (χ4n) is 3.18. The summed E-state index contributed by atoms with van der Waals surface area (Å²) in [5.74, 6) is 0.676. The van der Waals surface area contributed by atoms with Gasteiger partial charge in [-0.25, -0.2) is 0 Å². The molecule has 1 aliphatic heterocycles. The van der Waals surface area contributed by atoms with Crippen LogP contribution in [0.4, 0.5) is 5.69 Å². The van der Waals surface area contributed by atoms with E-state index in [1.807, 2.05) is 12.3 Å². The van der Waals surface area contributed by atoms with Gasteiger partial charge in [0.2, 0.25) is 0 Å². The van der Waals surface area contributed by atoms with Crippen molar-refractivity contribution in [1.29, 1.82) is 0 Å². The van der Waals surface area contributed by atoms with Gasteiger partial charge in [-0.05, 0) is 31.0 Å². The molecule has 0 spiro atoms. The molecule has 2 heterocycles. The molecule has 3 heteroatoms. The summed E-state index contributed by atoms with van der Waals surface area (Å²) in [6, 6.07) is 11.2. The predicted octanol–water partition coefficient (Wildman–Crippen LogP) is 3.06. The quantitative estimate of drug-likeness (QED) is 0.928. The zero-order valence-electron chi connectivity index (χ0n) is 12.3. The van der Waals surface area contributed by atoms with Crippen LogP contribution in [0, 0.1) is 5.92 Å². The highest BCUT2D eigenvalue weighted by atomic mass is 15.2. The lowest BCUT2D eigenvalue weighted by Gasteiger charge is -2.38. The number of pyridine rings is 1. The fourth-order valence-corrected chi connectivity index (χ4v) is 3.18. The van der Waals surface area contributed by atoms with E-state index in [1.165, 1.54) is 17.5 Å². The number of para-hydroxylation sites is 1. The third kappa shape index (κ3) is 2.63. The van der Waals surface area contributed by atoms with Crippen LogP contribution in [0.5, 0.6) is 0 Å². The molecule has 2 unspecified atom stereocenters. The summed E-state index contributed by atoms with van der Waals surface area (Å²) in [6.45, 7) is 7.81. The summed E-state index contributed by atoms with van der Waals surface area (Å²) in [6.07, 6.45) is 3.23. The van der Waals surface area contributed by atoms with Crippen LogP contribution in [0.15, 0.2) is 36.5 Å². The Morgan fingerprint density at radius 2 is 2.20 bits per heavy atom. The molecule has 0 aliphatic carbocycles. The molecule has 0 amide bonds. The smallest absolute Gasteiger partial charge is 0.0703 e. The number of rotatable bonds is 3. The van der Waals surface area contributed by atoms with E-state index in [2.05, 4.69) is 53.3 Å². The SMILES string of the molecule is CCNC1CCN(c2cnc3ccccc3c2)CC1C. The Bertz CT molecular complexity index is 581. The largest absolute Gasteiger partial charge is 0.370 e. The third-order valence-corrected chi connectivity index (χ3v) is 4.31. The molecule has 1 N–H and O–H groups in total. The summed E-state index contributed by atoms with van der Waals surface area (Å²) >= 11 is 0. The molecule has 3 rings (SSSR count). The second-order valence-corrected chi connectivity index (χ2v) is 5.76. The van der Waals surface area contributed by atoms with Crippen LogP contribution in [0.25, 0.3) is 10.9 Å². The lowest BCUT2D eigenvalue weighted by atomic mass is 9.93. The minimum absolute atomic E-state index is 0.657. The standard InChI is InChI=1S/C17H23N3/c1-3-18-16-8-9-20(12-13(16)2)15-10-14-6-4-5-7-17(14)19-11-15/h4-7,10-11,13,16,18H,3,8-9,12H2,1-2H3. The van der Waals surface area contributed by atoms with Crippen LogP contribution in [0.2, 0.25) is 0 Å². The number of aromatic nitrogens is 1. The second-order valence-electron chi connectivity index (χ2n) is 5.76. The van der Waals surface area contributed by atoms with E-state index in [1.54, 1.807) is 0 Å². The molecule has 1 fully saturated rings. The van der Waals surface area contributed by atoms with Gasteiger partial charge in [-0.2, -0.15) is 0 Å². The van der Waals surface area contributed by atoms with Crippen molar-refractivity contribution in [3.63, 3.8) is 0 Å². The van der Waals surface area contributed by atoms with E-state index in [9.17, 15) is 0 Å². The zero-order chi connectivity index (χ0) is 13.9. The highest BCUT2D eigenvalue weighted by Gasteiger charge is 2.25. The molecule has 1 saturated heterocycles. The molecular formula is C17H23N3. The van der Waals surface area contributed by atoms with Crippen LogP contribution in [0.1, 0.15) is 20.3 Å². The first-order valence-corrected chi connectivity index (χ1v) is 7.61. The number of piperidine rings is 1. The maximum absolute atomic E-state index is 4.58. The van der Waals surface area contributed by atoms with Crippen LogP contribution < -0.4 is 10.2 Å². The molecule has 1 aliphatic rings. The molecule has 0 radical (unpaired) electrons. The van der Waals surface area contributed by atoms with Crippen molar-refractivity contribution in [3.8, 4) is 0 Å². The minimum atomic E-state index is 0.657. The van der Waals surface area contributed by atoms with Crippen LogP contribution in [0.3, 0.4) is 0 Å². The van der Waals surface area contributed by atoms with Gasteiger partial charge in [0.15, 0.2) is 0 Å². The van der Waals surface area contributed by atoms with E-state index < -0.39 is 0 Å². The third-order valence-electron chi connectivity index (χ3n) is 4.31. The zero-order valence-corrected chi connectivity index (χ0v) is 12.3. The van der Waals surface area contributed by atoms with Crippen LogP contribution in [-0.2, 0) is 0 Å². The predicted molar refractivity (Wildman–Crippen MR) is 85.2 cm³/mol. The van der Waals surface area contributed by atoms with Gasteiger partial charge in [0.1, 0.15) is 0 Å². The average Bonchev–Trinajstić information content (AvgIpc) is 2.49. The van der Waals surface area contributed by atoms with E-state index in [0.717, 1.165) is 25.2 Å². The van der Waals surface area contributed by atoms with Gasteiger partial charge in [0, 0.05) is 24.5 Å². The Morgan fingerprint density at radius 3 is 3.00 bits per heavy atom. The molecule has 0 bridgehead atoms. The molecule has 3 nitrogen and oxygen atoms in total. The van der Waals surface area contributed by atoms with Gasteiger partial charge in [0.05, 0.1) is 17.4 Å². The average molecular weight is 269 g/mol. The highest BCUT2D eigenvalue weighted by Crippen LogP contribution is 2.25. The number of hydrogen-bond acceptors (Lipinski definition) is 3. The maximum atomic E-state index is 4.58. The fraction of sp³-hybridized carbons (Fsp3) is 0.471. The minimum Gasteiger partial charge on any atom is -0.370 e. The Balaban J connectivity index is 1.78. The lowest BCUT2D eigenvalue weighted by molar-refractivity contribution is 0.327. The summed E-state index contributed by atoms with van der Waals surface area (Å²) in [7, 11) is 0. The van der Waals surface area contributed by atoms with Crippen molar-refractivity contribution in [2.45, 2.75) is 26.3 Å². The number of nitrogens with one attached hydrogen (secondary N) is 1. The van der Waals surface area contributed by atoms with E-state index in [-0.39, 0.29) is 0 Å².